The summed E-state index contributed by atoms with van der Waals surface area (Å²) in [5, 5.41) is 2.76. The lowest BCUT2D eigenvalue weighted by molar-refractivity contribution is 0.0600. The van der Waals surface area contributed by atoms with E-state index in [2.05, 4.69) is 10.1 Å². The van der Waals surface area contributed by atoms with Gasteiger partial charge < -0.3 is 23.9 Å². The zero-order chi connectivity index (χ0) is 20.6. The molecule has 3 rings (SSSR count). The molecule has 0 aliphatic heterocycles. The number of benzene rings is 2. The number of esters is 1. The van der Waals surface area contributed by atoms with Gasteiger partial charge >= 0.3 is 5.97 Å². The molecule has 0 radical (unpaired) electrons. The van der Waals surface area contributed by atoms with Gasteiger partial charge in [0.25, 0.3) is 5.91 Å². The molecule has 0 saturated heterocycles. The summed E-state index contributed by atoms with van der Waals surface area (Å²) >= 11 is 0. The highest BCUT2D eigenvalue weighted by Gasteiger charge is 2.12. The van der Waals surface area contributed by atoms with Gasteiger partial charge in [-0.05, 0) is 67.6 Å². The lowest BCUT2D eigenvalue weighted by Crippen LogP contribution is -2.10. The molecule has 0 bridgehead atoms. The summed E-state index contributed by atoms with van der Waals surface area (Å²) in [4.78, 5) is 23.7. The average molecular weight is 395 g/mol. The van der Waals surface area contributed by atoms with Crippen LogP contribution in [0.25, 0.3) is 0 Å². The van der Waals surface area contributed by atoms with E-state index >= 15 is 0 Å². The highest BCUT2D eigenvalue weighted by molar-refractivity contribution is 6.02. The van der Waals surface area contributed by atoms with Gasteiger partial charge in [-0.2, -0.15) is 0 Å². The van der Waals surface area contributed by atoms with E-state index in [9.17, 15) is 9.59 Å². The molecule has 0 atom stereocenters. The van der Waals surface area contributed by atoms with Crippen molar-refractivity contribution in [3.8, 4) is 11.5 Å². The van der Waals surface area contributed by atoms with Gasteiger partial charge in [-0.15, -0.1) is 0 Å². The van der Waals surface area contributed by atoms with E-state index in [4.69, 9.17) is 13.9 Å². The van der Waals surface area contributed by atoms with E-state index in [1.54, 1.807) is 60.7 Å². The zero-order valence-corrected chi connectivity index (χ0v) is 16.1. The summed E-state index contributed by atoms with van der Waals surface area (Å²) in [7, 11) is 1.33. The lowest BCUT2D eigenvalue weighted by atomic mass is 10.2. The van der Waals surface area contributed by atoms with Crippen molar-refractivity contribution in [1.29, 1.82) is 0 Å². The van der Waals surface area contributed by atoms with Crippen LogP contribution in [0, 0.1) is 0 Å². The largest absolute Gasteiger partial charge is 0.494 e. The molecule has 2 aromatic carbocycles. The molecule has 7 nitrogen and oxygen atoms in total. The lowest BCUT2D eigenvalue weighted by Gasteiger charge is -2.06. The predicted octanol–water partition coefficient (Wildman–Crippen LogP) is 4.30. The third kappa shape index (κ3) is 5.38. The summed E-state index contributed by atoms with van der Waals surface area (Å²) in [6, 6.07) is 16.9. The van der Waals surface area contributed by atoms with Crippen molar-refractivity contribution in [1.82, 2.24) is 0 Å². The van der Waals surface area contributed by atoms with Gasteiger partial charge in [0.15, 0.2) is 5.76 Å². The molecule has 0 spiro atoms. The second kappa shape index (κ2) is 9.45. The molecule has 1 amide bonds. The van der Waals surface area contributed by atoms with Gasteiger partial charge in [0.05, 0.1) is 19.3 Å². The van der Waals surface area contributed by atoms with Crippen molar-refractivity contribution in [2.45, 2.75) is 13.5 Å². The Bertz CT molecular complexity index is 960. The Morgan fingerprint density at radius 3 is 2.21 bits per heavy atom. The van der Waals surface area contributed by atoms with Crippen LogP contribution in [0.2, 0.25) is 0 Å². The minimum absolute atomic E-state index is 0.147. The van der Waals surface area contributed by atoms with E-state index in [1.165, 1.54) is 7.11 Å². The fourth-order valence-corrected chi connectivity index (χ4v) is 2.53. The standard InChI is InChI=1S/C22H21NO6/c1-3-27-17-10-6-16(7-11-17)23-21(24)20-13-12-19(29-20)14-28-18-8-4-15(5-9-18)22(25)26-2/h4-13H,3,14H2,1-2H3,(H,23,24). The first-order valence-electron chi connectivity index (χ1n) is 9.03. The van der Waals surface area contributed by atoms with Crippen LogP contribution in [-0.2, 0) is 11.3 Å². The summed E-state index contributed by atoms with van der Waals surface area (Å²) in [6.45, 7) is 2.64. The minimum atomic E-state index is -0.411. The van der Waals surface area contributed by atoms with Gasteiger partial charge in [0.2, 0.25) is 0 Å². The number of rotatable bonds is 8. The quantitative estimate of drug-likeness (QED) is 0.573. The maximum atomic E-state index is 12.3. The summed E-state index contributed by atoms with van der Waals surface area (Å²) in [5.41, 5.74) is 1.07. The van der Waals surface area contributed by atoms with Crippen LogP contribution in [-0.4, -0.2) is 25.6 Å². The zero-order valence-electron chi connectivity index (χ0n) is 16.1. The minimum Gasteiger partial charge on any atom is -0.494 e. The van der Waals surface area contributed by atoms with Gasteiger partial charge in [0.1, 0.15) is 23.9 Å². The van der Waals surface area contributed by atoms with Gasteiger partial charge in [-0.1, -0.05) is 0 Å². The van der Waals surface area contributed by atoms with Crippen molar-refractivity contribution < 1.29 is 28.2 Å². The molecule has 29 heavy (non-hydrogen) atoms. The third-order valence-corrected chi connectivity index (χ3v) is 3.97. The molecule has 0 fully saturated rings. The van der Waals surface area contributed by atoms with Crippen LogP contribution in [0.3, 0.4) is 0 Å². The average Bonchev–Trinajstić information content (AvgIpc) is 3.23. The summed E-state index contributed by atoms with van der Waals surface area (Å²) in [5.74, 6) is 1.21. The molecule has 1 aromatic heterocycles. The summed E-state index contributed by atoms with van der Waals surface area (Å²) < 4.78 is 21.2. The van der Waals surface area contributed by atoms with Crippen LogP contribution in [0.1, 0.15) is 33.6 Å². The highest BCUT2D eigenvalue weighted by atomic mass is 16.5. The number of carbonyl (C=O) groups excluding carboxylic acids is 2. The number of hydrogen-bond donors (Lipinski definition) is 1. The Morgan fingerprint density at radius 2 is 1.55 bits per heavy atom. The van der Waals surface area contributed by atoms with Crippen LogP contribution in [0.15, 0.2) is 65.1 Å². The monoisotopic (exact) mass is 395 g/mol. The molecule has 1 N–H and O–H groups in total. The first kappa shape index (κ1) is 20.0. The Morgan fingerprint density at radius 1 is 0.897 bits per heavy atom. The van der Waals surface area contributed by atoms with Crippen LogP contribution >= 0.6 is 0 Å². The second-order valence-corrected chi connectivity index (χ2v) is 5.98. The molecular weight excluding hydrogens is 374 g/mol. The number of nitrogens with one attached hydrogen (secondary N) is 1. The third-order valence-electron chi connectivity index (χ3n) is 3.97. The number of carbonyl (C=O) groups is 2. The fourth-order valence-electron chi connectivity index (χ4n) is 2.53. The van der Waals surface area contributed by atoms with Crippen molar-refractivity contribution in [2.24, 2.45) is 0 Å². The van der Waals surface area contributed by atoms with Crippen LogP contribution in [0.4, 0.5) is 5.69 Å². The Kier molecular flexibility index (Phi) is 6.52. The van der Waals surface area contributed by atoms with E-state index in [1.807, 2.05) is 6.92 Å². The second-order valence-electron chi connectivity index (χ2n) is 5.98. The Balaban J connectivity index is 1.54. The van der Waals surface area contributed by atoms with E-state index in [-0.39, 0.29) is 18.3 Å². The number of hydrogen-bond acceptors (Lipinski definition) is 6. The van der Waals surface area contributed by atoms with Crippen molar-refractivity contribution in [3.63, 3.8) is 0 Å². The van der Waals surface area contributed by atoms with E-state index in [0.717, 1.165) is 5.75 Å². The topological polar surface area (TPSA) is 87.0 Å². The smallest absolute Gasteiger partial charge is 0.337 e. The van der Waals surface area contributed by atoms with Gasteiger partial charge in [0, 0.05) is 5.69 Å². The summed E-state index contributed by atoms with van der Waals surface area (Å²) in [6.07, 6.45) is 0. The molecule has 0 unspecified atom stereocenters. The first-order chi connectivity index (χ1) is 14.1. The molecule has 0 aliphatic rings. The van der Waals surface area contributed by atoms with Gasteiger partial charge in [-0.3, -0.25) is 4.79 Å². The van der Waals surface area contributed by atoms with E-state index < -0.39 is 5.97 Å². The van der Waals surface area contributed by atoms with Crippen LogP contribution in [0.5, 0.6) is 11.5 Å². The maximum Gasteiger partial charge on any atom is 0.337 e. The molecule has 0 saturated carbocycles. The maximum absolute atomic E-state index is 12.3. The highest BCUT2D eigenvalue weighted by Crippen LogP contribution is 2.19. The first-order valence-corrected chi connectivity index (χ1v) is 9.03. The Hall–Kier alpha value is -3.74. The molecule has 150 valence electrons. The fraction of sp³-hybridized carbons (Fsp3) is 0.182. The number of anilines is 1. The Labute approximate surface area is 168 Å². The molecule has 1 heterocycles. The van der Waals surface area contributed by atoms with Crippen molar-refractivity contribution in [3.05, 3.63) is 77.7 Å². The number of furan rings is 1. The SMILES string of the molecule is CCOc1ccc(NC(=O)c2ccc(COc3ccc(C(=O)OC)cc3)o2)cc1. The van der Waals surface area contributed by atoms with Crippen molar-refractivity contribution in [2.75, 3.05) is 19.0 Å². The van der Waals surface area contributed by atoms with Crippen molar-refractivity contribution >= 4 is 17.6 Å². The van der Waals surface area contributed by atoms with Crippen LogP contribution < -0.4 is 14.8 Å². The predicted molar refractivity (Wildman–Crippen MR) is 106 cm³/mol. The van der Waals surface area contributed by atoms with Gasteiger partial charge in [-0.25, -0.2) is 4.79 Å². The molecule has 3 aromatic rings. The molecule has 7 heteroatoms. The number of amides is 1. The molecular formula is C22H21NO6. The normalized spacial score (nSPS) is 10.3. The molecule has 0 aliphatic carbocycles. The van der Waals surface area contributed by atoms with E-state index in [0.29, 0.717) is 29.4 Å². The number of ether oxygens (including phenoxy) is 3. The number of methoxy groups -OCH3 is 1.